The Balaban J connectivity index is 2.26. The Morgan fingerprint density at radius 2 is 2.05 bits per heavy atom. The van der Waals surface area contributed by atoms with E-state index < -0.39 is 5.82 Å². The predicted octanol–water partition coefficient (Wildman–Crippen LogP) is 3.41. The maximum absolute atomic E-state index is 13.8. The second-order valence-electron chi connectivity index (χ2n) is 4.26. The quantitative estimate of drug-likeness (QED) is 0.787. The molecule has 0 unspecified atom stereocenters. The molecule has 4 nitrogen and oxygen atoms in total. The van der Waals surface area contributed by atoms with E-state index in [0.29, 0.717) is 16.2 Å². The topological polar surface area (TPSA) is 53.1 Å². The van der Waals surface area contributed by atoms with Gasteiger partial charge in [-0.05, 0) is 30.3 Å². The number of ether oxygens (including phenoxy) is 1. The number of anilines is 1. The first kappa shape index (κ1) is 12.7. The number of nitrogens with two attached hydrogens (primary N) is 1. The lowest BCUT2D eigenvalue weighted by Gasteiger charge is -2.08. The highest BCUT2D eigenvalue weighted by Crippen LogP contribution is 2.28. The highest BCUT2D eigenvalue weighted by molar-refractivity contribution is 6.31. The minimum atomic E-state index is -0.465. The van der Waals surface area contributed by atoms with Crippen LogP contribution in [0.2, 0.25) is 5.02 Å². The second-order valence-corrected chi connectivity index (χ2v) is 4.69. The number of methoxy groups -OCH3 is 1. The molecule has 0 bridgehead atoms. The molecule has 6 heteroatoms. The summed E-state index contributed by atoms with van der Waals surface area (Å²) in [6, 6.07) is 9.83. The van der Waals surface area contributed by atoms with Gasteiger partial charge in [0.15, 0.2) is 11.6 Å². The average molecular weight is 292 g/mol. The number of fused-ring (bicyclic) bond motifs is 1. The third-order valence-electron chi connectivity index (χ3n) is 3.04. The lowest BCUT2D eigenvalue weighted by atomic mass is 10.2. The van der Waals surface area contributed by atoms with Crippen LogP contribution < -0.4 is 10.5 Å². The van der Waals surface area contributed by atoms with E-state index in [-0.39, 0.29) is 11.7 Å². The molecule has 0 aliphatic heterocycles. The Morgan fingerprint density at radius 3 is 2.75 bits per heavy atom. The summed E-state index contributed by atoms with van der Waals surface area (Å²) in [6.45, 7) is 0. The normalized spacial score (nSPS) is 10.9. The Morgan fingerprint density at radius 1 is 1.25 bits per heavy atom. The van der Waals surface area contributed by atoms with Crippen molar-refractivity contribution in [2.24, 2.45) is 0 Å². The van der Waals surface area contributed by atoms with Crippen molar-refractivity contribution >= 4 is 28.6 Å². The van der Waals surface area contributed by atoms with Crippen molar-refractivity contribution in [1.29, 1.82) is 0 Å². The van der Waals surface area contributed by atoms with Gasteiger partial charge in [-0.2, -0.15) is 0 Å². The Hall–Kier alpha value is -2.27. The minimum Gasteiger partial charge on any atom is -0.494 e. The van der Waals surface area contributed by atoms with Gasteiger partial charge in [0.1, 0.15) is 0 Å². The fourth-order valence-corrected chi connectivity index (χ4v) is 2.30. The van der Waals surface area contributed by atoms with Gasteiger partial charge >= 0.3 is 0 Å². The van der Waals surface area contributed by atoms with Gasteiger partial charge in [0.05, 0.1) is 23.8 Å². The molecule has 102 valence electrons. The molecule has 3 aromatic rings. The van der Waals surface area contributed by atoms with Gasteiger partial charge in [-0.15, -0.1) is 0 Å². The lowest BCUT2D eigenvalue weighted by Crippen LogP contribution is -2.01. The third-order valence-corrected chi connectivity index (χ3v) is 3.27. The van der Waals surface area contributed by atoms with E-state index in [4.69, 9.17) is 22.1 Å². The molecule has 2 N–H and O–H groups in total. The van der Waals surface area contributed by atoms with E-state index in [1.807, 2.05) is 0 Å². The van der Waals surface area contributed by atoms with Crippen LogP contribution in [0.1, 0.15) is 0 Å². The summed E-state index contributed by atoms with van der Waals surface area (Å²) >= 11 is 5.99. The summed E-state index contributed by atoms with van der Waals surface area (Å²) < 4.78 is 20.4. The summed E-state index contributed by atoms with van der Waals surface area (Å²) in [5.41, 5.74) is 7.89. The van der Waals surface area contributed by atoms with E-state index in [2.05, 4.69) is 4.98 Å². The zero-order valence-corrected chi connectivity index (χ0v) is 11.4. The van der Waals surface area contributed by atoms with E-state index in [1.54, 1.807) is 34.9 Å². The minimum absolute atomic E-state index is 0.176. The van der Waals surface area contributed by atoms with E-state index in [9.17, 15) is 4.39 Å². The Labute approximate surface area is 119 Å². The number of hydrogen-bond donors (Lipinski definition) is 1. The van der Waals surface area contributed by atoms with E-state index >= 15 is 0 Å². The number of aromatic nitrogens is 2. The molecule has 3 rings (SSSR count). The summed E-state index contributed by atoms with van der Waals surface area (Å²) in [5.74, 6) is -0.0186. The zero-order chi connectivity index (χ0) is 14.3. The summed E-state index contributed by atoms with van der Waals surface area (Å²) in [4.78, 5) is 4.23. The lowest BCUT2D eigenvalue weighted by molar-refractivity contribution is 0.386. The second kappa shape index (κ2) is 4.68. The van der Waals surface area contributed by atoms with Crippen LogP contribution in [0.25, 0.3) is 16.7 Å². The van der Waals surface area contributed by atoms with Crippen molar-refractivity contribution in [2.75, 3.05) is 12.8 Å². The SMILES string of the molecule is COc1ccc(-n2c(N)nc3ccc(Cl)cc32)cc1F. The number of hydrogen-bond acceptors (Lipinski definition) is 3. The summed E-state index contributed by atoms with van der Waals surface area (Å²) in [5, 5.41) is 0.563. The number of nitrogens with zero attached hydrogens (tertiary/aromatic N) is 2. The number of benzene rings is 2. The molecule has 0 fully saturated rings. The summed E-state index contributed by atoms with van der Waals surface area (Å²) in [7, 11) is 1.42. The molecule has 1 heterocycles. The highest BCUT2D eigenvalue weighted by Gasteiger charge is 2.12. The zero-order valence-electron chi connectivity index (χ0n) is 10.6. The molecular formula is C14H11ClFN3O. The molecular weight excluding hydrogens is 281 g/mol. The highest BCUT2D eigenvalue weighted by atomic mass is 35.5. The van der Waals surface area contributed by atoms with E-state index in [0.717, 1.165) is 5.52 Å². The van der Waals surface area contributed by atoms with Gasteiger partial charge in [-0.1, -0.05) is 11.6 Å². The van der Waals surface area contributed by atoms with Crippen LogP contribution in [-0.4, -0.2) is 16.7 Å². The maximum atomic E-state index is 13.8. The van der Waals surface area contributed by atoms with Crippen molar-refractivity contribution in [2.45, 2.75) is 0 Å². The number of nitrogen functional groups attached to an aromatic ring is 1. The molecule has 0 saturated carbocycles. The monoisotopic (exact) mass is 291 g/mol. The van der Waals surface area contributed by atoms with Gasteiger partial charge in [0.25, 0.3) is 0 Å². The smallest absolute Gasteiger partial charge is 0.205 e. The Bertz CT molecular complexity index is 800. The van der Waals surface area contributed by atoms with Crippen LogP contribution in [-0.2, 0) is 0 Å². The summed E-state index contributed by atoms with van der Waals surface area (Å²) in [6.07, 6.45) is 0. The van der Waals surface area contributed by atoms with Crippen LogP contribution in [0.3, 0.4) is 0 Å². The maximum Gasteiger partial charge on any atom is 0.205 e. The molecule has 0 atom stereocenters. The molecule has 0 aliphatic rings. The van der Waals surface area contributed by atoms with Gasteiger partial charge in [-0.25, -0.2) is 9.37 Å². The molecule has 2 aromatic carbocycles. The van der Waals surface area contributed by atoms with Crippen molar-refractivity contribution in [3.8, 4) is 11.4 Å². The molecule has 1 aromatic heterocycles. The average Bonchev–Trinajstić information content (AvgIpc) is 2.74. The van der Waals surface area contributed by atoms with Crippen molar-refractivity contribution < 1.29 is 9.13 Å². The first-order chi connectivity index (χ1) is 9.60. The molecule has 0 spiro atoms. The first-order valence-electron chi connectivity index (χ1n) is 5.87. The third kappa shape index (κ3) is 1.96. The van der Waals surface area contributed by atoms with Crippen LogP contribution in [0.5, 0.6) is 5.75 Å². The Kier molecular flexibility index (Phi) is 2.99. The van der Waals surface area contributed by atoms with Crippen LogP contribution in [0.4, 0.5) is 10.3 Å². The molecule has 0 aliphatic carbocycles. The molecule has 0 amide bonds. The standard InChI is InChI=1S/C14H11ClFN3O/c1-20-13-5-3-9(7-10(13)16)19-12-6-8(15)2-4-11(12)18-14(19)17/h2-7H,1H3,(H2,17,18). The fourth-order valence-electron chi connectivity index (χ4n) is 2.13. The van der Waals surface area contributed by atoms with Crippen molar-refractivity contribution in [1.82, 2.24) is 9.55 Å². The van der Waals surface area contributed by atoms with Gasteiger partial charge in [0.2, 0.25) is 5.95 Å². The molecule has 0 saturated heterocycles. The van der Waals surface area contributed by atoms with Crippen LogP contribution in [0, 0.1) is 5.82 Å². The number of halogens is 2. The fraction of sp³-hybridized carbons (Fsp3) is 0.0714. The van der Waals surface area contributed by atoms with Crippen molar-refractivity contribution in [3.63, 3.8) is 0 Å². The van der Waals surface area contributed by atoms with Crippen LogP contribution >= 0.6 is 11.6 Å². The molecule has 0 radical (unpaired) electrons. The first-order valence-corrected chi connectivity index (χ1v) is 6.25. The number of imidazole rings is 1. The van der Waals surface area contributed by atoms with Crippen LogP contribution in [0.15, 0.2) is 36.4 Å². The largest absolute Gasteiger partial charge is 0.494 e. The van der Waals surface area contributed by atoms with Crippen molar-refractivity contribution in [3.05, 3.63) is 47.2 Å². The predicted molar refractivity (Wildman–Crippen MR) is 77.0 cm³/mol. The van der Waals surface area contributed by atoms with Gasteiger partial charge in [0, 0.05) is 11.1 Å². The van der Waals surface area contributed by atoms with E-state index in [1.165, 1.54) is 13.2 Å². The number of rotatable bonds is 2. The van der Waals surface area contributed by atoms with Gasteiger partial charge < -0.3 is 10.5 Å². The van der Waals surface area contributed by atoms with Gasteiger partial charge in [-0.3, -0.25) is 4.57 Å². The molecule has 20 heavy (non-hydrogen) atoms.